The molecule has 0 aromatic carbocycles. The van der Waals surface area contributed by atoms with Crippen molar-refractivity contribution in [2.24, 2.45) is 7.05 Å². The average Bonchev–Trinajstić information content (AvgIpc) is 2.72. The fourth-order valence-corrected chi connectivity index (χ4v) is 1.02. The lowest BCUT2D eigenvalue weighted by molar-refractivity contribution is 0.102. The number of aryl methyl sites for hydroxylation is 1. The number of rotatable bonds is 2. The van der Waals surface area contributed by atoms with E-state index in [2.05, 4.69) is 10.1 Å². The van der Waals surface area contributed by atoms with E-state index in [1.54, 1.807) is 13.1 Å². The second-order valence-electron chi connectivity index (χ2n) is 2.55. The summed E-state index contributed by atoms with van der Waals surface area (Å²) in [6.45, 7) is 0. The smallest absolute Gasteiger partial charge is 0.233 e. The fourth-order valence-electron chi connectivity index (χ4n) is 1.02. The van der Waals surface area contributed by atoms with Crippen LogP contribution in [0.1, 0.15) is 16.2 Å². The van der Waals surface area contributed by atoms with E-state index < -0.39 is 0 Å². The van der Waals surface area contributed by atoms with Crippen molar-refractivity contribution >= 4 is 5.78 Å². The molecular formula is C8H7N3O2. The predicted molar refractivity (Wildman–Crippen MR) is 43.1 cm³/mol. The lowest BCUT2D eigenvalue weighted by atomic mass is 10.2. The normalized spacial score (nSPS) is 10.2. The molecule has 0 aliphatic carbocycles. The van der Waals surface area contributed by atoms with E-state index in [0.717, 1.165) is 0 Å². The highest BCUT2D eigenvalue weighted by molar-refractivity contribution is 6.06. The third kappa shape index (κ3) is 1.24. The van der Waals surface area contributed by atoms with Crippen LogP contribution in [0.3, 0.4) is 0 Å². The van der Waals surface area contributed by atoms with Gasteiger partial charge >= 0.3 is 0 Å². The maximum atomic E-state index is 11.6. The van der Waals surface area contributed by atoms with Crippen LogP contribution in [0.25, 0.3) is 0 Å². The summed E-state index contributed by atoms with van der Waals surface area (Å²) < 4.78 is 6.22. The molecule has 0 amide bonds. The van der Waals surface area contributed by atoms with Crippen LogP contribution in [0.5, 0.6) is 0 Å². The molecule has 5 nitrogen and oxygen atoms in total. The van der Waals surface area contributed by atoms with Crippen molar-refractivity contribution in [3.63, 3.8) is 0 Å². The molecule has 2 rings (SSSR count). The monoisotopic (exact) mass is 177 g/mol. The molecule has 0 unspecified atom stereocenters. The van der Waals surface area contributed by atoms with Crippen LogP contribution in [0.4, 0.5) is 0 Å². The zero-order chi connectivity index (χ0) is 9.26. The number of ketones is 1. The van der Waals surface area contributed by atoms with Gasteiger partial charge in [0.1, 0.15) is 12.6 Å². The molecule has 2 heterocycles. The number of nitrogens with zero attached hydrogens (tertiary/aromatic N) is 3. The van der Waals surface area contributed by atoms with Gasteiger partial charge in [-0.15, -0.1) is 0 Å². The highest BCUT2D eigenvalue weighted by Crippen LogP contribution is 2.06. The van der Waals surface area contributed by atoms with Crippen molar-refractivity contribution in [1.29, 1.82) is 0 Å². The highest BCUT2D eigenvalue weighted by atomic mass is 16.3. The largest absolute Gasteiger partial charge is 0.472 e. The maximum absolute atomic E-state index is 11.6. The first-order valence-corrected chi connectivity index (χ1v) is 3.70. The summed E-state index contributed by atoms with van der Waals surface area (Å²) in [5, 5.41) is 3.80. The van der Waals surface area contributed by atoms with E-state index in [9.17, 15) is 4.79 Å². The lowest BCUT2D eigenvalue weighted by Gasteiger charge is -1.94. The van der Waals surface area contributed by atoms with Gasteiger partial charge in [0.15, 0.2) is 5.82 Å². The van der Waals surface area contributed by atoms with Gasteiger partial charge in [-0.1, -0.05) is 0 Å². The van der Waals surface area contributed by atoms with E-state index in [0.29, 0.717) is 11.4 Å². The van der Waals surface area contributed by atoms with Gasteiger partial charge in [0.05, 0.1) is 11.8 Å². The number of hydrogen-bond donors (Lipinski definition) is 0. The van der Waals surface area contributed by atoms with E-state index in [1.807, 2.05) is 0 Å². The number of aromatic nitrogens is 3. The molecule has 66 valence electrons. The predicted octanol–water partition coefficient (Wildman–Crippen LogP) is 0.639. The Kier molecular flexibility index (Phi) is 1.70. The van der Waals surface area contributed by atoms with Crippen LogP contribution in [0.15, 0.2) is 29.3 Å². The Morgan fingerprint density at radius 1 is 1.62 bits per heavy atom. The molecule has 0 spiro atoms. The van der Waals surface area contributed by atoms with Crippen molar-refractivity contribution < 1.29 is 9.21 Å². The van der Waals surface area contributed by atoms with E-state index in [-0.39, 0.29) is 5.78 Å². The van der Waals surface area contributed by atoms with Crippen LogP contribution >= 0.6 is 0 Å². The summed E-state index contributed by atoms with van der Waals surface area (Å²) in [5.74, 6) is 0.121. The Labute approximate surface area is 74.0 Å². The number of carbonyl (C=O) groups is 1. The first-order valence-electron chi connectivity index (χ1n) is 3.70. The van der Waals surface area contributed by atoms with Crippen LogP contribution in [-0.2, 0) is 7.05 Å². The molecule has 0 bridgehead atoms. The Morgan fingerprint density at radius 3 is 3.00 bits per heavy atom. The standard InChI is InChI=1S/C8H7N3O2/c1-11-8(9-5-10-11)7(12)6-2-3-13-4-6/h2-5H,1H3. The van der Waals surface area contributed by atoms with Crippen molar-refractivity contribution in [2.75, 3.05) is 0 Å². The molecule has 2 aromatic rings. The van der Waals surface area contributed by atoms with Crippen LogP contribution < -0.4 is 0 Å². The van der Waals surface area contributed by atoms with E-state index in [1.165, 1.54) is 23.5 Å². The minimum atomic E-state index is -0.186. The average molecular weight is 177 g/mol. The minimum Gasteiger partial charge on any atom is -0.472 e. The van der Waals surface area contributed by atoms with E-state index in [4.69, 9.17) is 4.42 Å². The first kappa shape index (κ1) is 7.72. The number of carbonyl (C=O) groups excluding carboxylic acids is 1. The van der Waals surface area contributed by atoms with Crippen molar-refractivity contribution in [3.8, 4) is 0 Å². The van der Waals surface area contributed by atoms with Gasteiger partial charge in [0.2, 0.25) is 5.78 Å². The summed E-state index contributed by atoms with van der Waals surface area (Å²) >= 11 is 0. The van der Waals surface area contributed by atoms with Crippen molar-refractivity contribution in [1.82, 2.24) is 14.8 Å². The molecule has 0 aliphatic heterocycles. The lowest BCUT2D eigenvalue weighted by Crippen LogP contribution is -2.08. The Hall–Kier alpha value is -1.91. The molecule has 0 atom stereocenters. The summed E-state index contributed by atoms with van der Waals surface area (Å²) in [6, 6.07) is 1.59. The number of furan rings is 1. The molecule has 0 fully saturated rings. The zero-order valence-corrected chi connectivity index (χ0v) is 6.97. The zero-order valence-electron chi connectivity index (χ0n) is 6.97. The molecule has 5 heteroatoms. The molecule has 0 N–H and O–H groups in total. The Balaban J connectivity index is 2.39. The summed E-state index contributed by atoms with van der Waals surface area (Å²) in [6.07, 6.45) is 4.17. The van der Waals surface area contributed by atoms with Gasteiger partial charge in [-0.3, -0.25) is 4.79 Å². The van der Waals surface area contributed by atoms with Gasteiger partial charge in [-0.05, 0) is 6.07 Å². The first-order chi connectivity index (χ1) is 6.29. The molecule has 0 saturated carbocycles. The quantitative estimate of drug-likeness (QED) is 0.631. The topological polar surface area (TPSA) is 60.9 Å². The van der Waals surface area contributed by atoms with Gasteiger partial charge in [0.25, 0.3) is 0 Å². The maximum Gasteiger partial charge on any atom is 0.233 e. The summed E-state index contributed by atoms with van der Waals surface area (Å²) in [5.41, 5.74) is 0.483. The molecule has 0 radical (unpaired) electrons. The number of hydrogen-bond acceptors (Lipinski definition) is 4. The third-order valence-corrected chi connectivity index (χ3v) is 1.70. The van der Waals surface area contributed by atoms with Crippen molar-refractivity contribution in [3.05, 3.63) is 36.3 Å². The highest BCUT2D eigenvalue weighted by Gasteiger charge is 2.14. The van der Waals surface area contributed by atoms with Crippen molar-refractivity contribution in [2.45, 2.75) is 0 Å². The Bertz CT molecular complexity index is 416. The molecule has 0 saturated heterocycles. The van der Waals surface area contributed by atoms with Gasteiger partial charge in [-0.25, -0.2) is 9.67 Å². The fraction of sp³-hybridized carbons (Fsp3) is 0.125. The van der Waals surface area contributed by atoms with E-state index >= 15 is 0 Å². The van der Waals surface area contributed by atoms with Crippen LogP contribution in [0, 0.1) is 0 Å². The minimum absolute atomic E-state index is 0.186. The summed E-state index contributed by atoms with van der Waals surface area (Å²) in [7, 11) is 1.67. The molecular weight excluding hydrogens is 170 g/mol. The van der Waals surface area contributed by atoms with Gasteiger partial charge < -0.3 is 4.42 Å². The molecule has 2 aromatic heterocycles. The molecule has 13 heavy (non-hydrogen) atoms. The molecule has 0 aliphatic rings. The SMILES string of the molecule is Cn1ncnc1C(=O)c1ccoc1. The van der Waals surface area contributed by atoms with Crippen LogP contribution in [-0.4, -0.2) is 20.5 Å². The summed E-state index contributed by atoms with van der Waals surface area (Å²) in [4.78, 5) is 15.4. The second-order valence-corrected chi connectivity index (χ2v) is 2.55. The van der Waals surface area contributed by atoms with Crippen LogP contribution in [0.2, 0.25) is 0 Å². The van der Waals surface area contributed by atoms with Gasteiger partial charge in [-0.2, -0.15) is 5.10 Å². The van der Waals surface area contributed by atoms with Gasteiger partial charge in [0, 0.05) is 7.05 Å². The second kappa shape index (κ2) is 2.85. The third-order valence-electron chi connectivity index (χ3n) is 1.70. The Morgan fingerprint density at radius 2 is 2.46 bits per heavy atom.